The van der Waals surface area contributed by atoms with Gasteiger partial charge in [-0.05, 0) is 37.4 Å². The maximum Gasteiger partial charge on any atom is 0.0897 e. The van der Waals surface area contributed by atoms with Gasteiger partial charge in [-0.3, -0.25) is 4.39 Å². The van der Waals surface area contributed by atoms with Crippen LogP contribution in [0.2, 0.25) is 0 Å². The van der Waals surface area contributed by atoms with Gasteiger partial charge in [-0.1, -0.05) is 0 Å². The summed E-state index contributed by atoms with van der Waals surface area (Å²) in [5.74, 6) is 2.81. The lowest BCUT2D eigenvalue weighted by atomic mass is 9.93. The molecule has 1 saturated heterocycles. The SMILES string of the molecule is NC1CSCCCC(CCF)C1. The zero-order valence-electron chi connectivity index (χ0n) is 7.47. The first-order valence-corrected chi connectivity index (χ1v) is 5.87. The third-order valence-corrected chi connectivity index (χ3v) is 3.63. The minimum atomic E-state index is -0.176. The van der Waals surface area contributed by atoms with Gasteiger partial charge >= 0.3 is 0 Å². The summed E-state index contributed by atoms with van der Waals surface area (Å²) < 4.78 is 12.1. The molecule has 72 valence electrons. The van der Waals surface area contributed by atoms with E-state index in [2.05, 4.69) is 0 Å². The zero-order chi connectivity index (χ0) is 8.81. The molecule has 2 atom stereocenters. The van der Waals surface area contributed by atoms with E-state index in [-0.39, 0.29) is 6.67 Å². The molecule has 0 amide bonds. The Bertz CT molecular complexity index is 121. The van der Waals surface area contributed by atoms with Crippen LogP contribution in [0.5, 0.6) is 0 Å². The van der Waals surface area contributed by atoms with Gasteiger partial charge in [0.15, 0.2) is 0 Å². The maximum atomic E-state index is 12.1. The van der Waals surface area contributed by atoms with Crippen LogP contribution in [-0.4, -0.2) is 24.2 Å². The molecule has 0 aromatic heterocycles. The second-order valence-electron chi connectivity index (χ2n) is 3.56. The topological polar surface area (TPSA) is 26.0 Å². The summed E-state index contributed by atoms with van der Waals surface area (Å²) in [6, 6.07) is 0.298. The third-order valence-electron chi connectivity index (χ3n) is 2.39. The Balaban J connectivity index is 2.27. The van der Waals surface area contributed by atoms with E-state index in [4.69, 9.17) is 5.73 Å². The molecule has 12 heavy (non-hydrogen) atoms. The summed E-state index contributed by atoms with van der Waals surface area (Å²) in [6.45, 7) is -0.176. The Morgan fingerprint density at radius 2 is 2.33 bits per heavy atom. The Labute approximate surface area is 78.3 Å². The van der Waals surface area contributed by atoms with E-state index in [9.17, 15) is 4.39 Å². The highest BCUT2D eigenvalue weighted by molar-refractivity contribution is 7.99. The molecule has 2 unspecified atom stereocenters. The predicted molar refractivity (Wildman–Crippen MR) is 53.2 cm³/mol. The van der Waals surface area contributed by atoms with Gasteiger partial charge in [0.1, 0.15) is 0 Å². The molecule has 3 heteroatoms. The quantitative estimate of drug-likeness (QED) is 0.724. The fourth-order valence-electron chi connectivity index (χ4n) is 1.74. The van der Waals surface area contributed by atoms with Crippen molar-refractivity contribution >= 4 is 11.8 Å². The first kappa shape index (κ1) is 10.3. The molecule has 1 heterocycles. The van der Waals surface area contributed by atoms with Crippen molar-refractivity contribution in [2.45, 2.75) is 31.7 Å². The summed E-state index contributed by atoms with van der Waals surface area (Å²) in [7, 11) is 0. The van der Waals surface area contributed by atoms with Gasteiger partial charge in [0.25, 0.3) is 0 Å². The lowest BCUT2D eigenvalue weighted by molar-refractivity contribution is 0.336. The van der Waals surface area contributed by atoms with Crippen molar-refractivity contribution in [3.8, 4) is 0 Å². The van der Waals surface area contributed by atoms with Gasteiger partial charge in [0, 0.05) is 11.8 Å². The first-order valence-electron chi connectivity index (χ1n) is 4.72. The number of thioether (sulfide) groups is 1. The average Bonchev–Trinajstić information content (AvgIpc) is 2.00. The summed E-state index contributed by atoms with van der Waals surface area (Å²) >= 11 is 1.94. The largest absolute Gasteiger partial charge is 0.327 e. The van der Waals surface area contributed by atoms with Gasteiger partial charge in [-0.2, -0.15) is 11.8 Å². The molecule has 2 N–H and O–H groups in total. The second-order valence-corrected chi connectivity index (χ2v) is 4.71. The van der Waals surface area contributed by atoms with Gasteiger partial charge in [-0.25, -0.2) is 0 Å². The summed E-state index contributed by atoms with van der Waals surface area (Å²) in [6.07, 6.45) is 4.15. The molecule has 0 aliphatic carbocycles. The Hall–Kier alpha value is 0.240. The smallest absolute Gasteiger partial charge is 0.0897 e. The normalized spacial score (nSPS) is 32.5. The molecule has 0 saturated carbocycles. The molecule has 1 aliphatic rings. The maximum absolute atomic E-state index is 12.1. The van der Waals surface area contributed by atoms with Crippen LogP contribution < -0.4 is 5.73 Å². The molecule has 1 aliphatic heterocycles. The van der Waals surface area contributed by atoms with Crippen LogP contribution in [0, 0.1) is 5.92 Å². The molecular weight excluding hydrogens is 173 g/mol. The van der Waals surface area contributed by atoms with E-state index in [0.29, 0.717) is 12.0 Å². The van der Waals surface area contributed by atoms with Crippen LogP contribution in [-0.2, 0) is 0 Å². The van der Waals surface area contributed by atoms with E-state index < -0.39 is 0 Å². The minimum Gasteiger partial charge on any atom is -0.327 e. The van der Waals surface area contributed by atoms with Gasteiger partial charge in [0.2, 0.25) is 0 Å². The van der Waals surface area contributed by atoms with Crippen LogP contribution in [0.15, 0.2) is 0 Å². The average molecular weight is 191 g/mol. The molecule has 1 rings (SSSR count). The Kier molecular flexibility index (Phi) is 5.00. The van der Waals surface area contributed by atoms with Crippen LogP contribution in [0.25, 0.3) is 0 Å². The number of rotatable bonds is 2. The lowest BCUT2D eigenvalue weighted by Crippen LogP contribution is -2.28. The van der Waals surface area contributed by atoms with Crippen molar-refractivity contribution in [1.82, 2.24) is 0 Å². The zero-order valence-corrected chi connectivity index (χ0v) is 8.28. The molecule has 0 spiro atoms. The van der Waals surface area contributed by atoms with E-state index in [1.165, 1.54) is 18.6 Å². The minimum absolute atomic E-state index is 0.176. The molecule has 1 fully saturated rings. The van der Waals surface area contributed by atoms with Crippen LogP contribution in [0.1, 0.15) is 25.7 Å². The highest BCUT2D eigenvalue weighted by atomic mass is 32.2. The fraction of sp³-hybridized carbons (Fsp3) is 1.00. The summed E-state index contributed by atoms with van der Waals surface area (Å²) in [4.78, 5) is 0. The van der Waals surface area contributed by atoms with E-state index in [0.717, 1.165) is 18.6 Å². The molecule has 1 nitrogen and oxygen atoms in total. The third kappa shape index (κ3) is 3.76. The van der Waals surface area contributed by atoms with Crippen molar-refractivity contribution < 1.29 is 4.39 Å². The predicted octanol–water partition coefficient (Wildman–Crippen LogP) is 2.21. The van der Waals surface area contributed by atoms with Crippen LogP contribution >= 0.6 is 11.8 Å². The van der Waals surface area contributed by atoms with Crippen molar-refractivity contribution in [2.75, 3.05) is 18.2 Å². The first-order chi connectivity index (χ1) is 5.83. The number of halogens is 1. The fourth-order valence-corrected chi connectivity index (χ4v) is 2.72. The van der Waals surface area contributed by atoms with E-state index in [1.54, 1.807) is 0 Å². The lowest BCUT2D eigenvalue weighted by Gasteiger charge is -2.22. The standard InChI is InChI=1S/C9H18FNS/c10-4-3-8-2-1-5-12-7-9(11)6-8/h8-9H,1-7,11H2. The monoisotopic (exact) mass is 191 g/mol. The van der Waals surface area contributed by atoms with Crippen molar-refractivity contribution in [2.24, 2.45) is 11.7 Å². The number of alkyl halides is 1. The number of hydrogen-bond acceptors (Lipinski definition) is 2. The van der Waals surface area contributed by atoms with Gasteiger partial charge in [0.05, 0.1) is 6.67 Å². The van der Waals surface area contributed by atoms with E-state index >= 15 is 0 Å². The van der Waals surface area contributed by atoms with Crippen molar-refractivity contribution in [3.05, 3.63) is 0 Å². The highest BCUT2D eigenvalue weighted by Crippen LogP contribution is 2.23. The summed E-state index contributed by atoms with van der Waals surface area (Å²) in [5, 5.41) is 0. The number of hydrogen-bond donors (Lipinski definition) is 1. The molecule has 0 aromatic carbocycles. The van der Waals surface area contributed by atoms with Crippen LogP contribution in [0.3, 0.4) is 0 Å². The van der Waals surface area contributed by atoms with Crippen molar-refractivity contribution in [1.29, 1.82) is 0 Å². The van der Waals surface area contributed by atoms with Crippen molar-refractivity contribution in [3.63, 3.8) is 0 Å². The van der Waals surface area contributed by atoms with Crippen LogP contribution in [0.4, 0.5) is 4.39 Å². The molecule has 0 bridgehead atoms. The molecule has 0 radical (unpaired) electrons. The van der Waals surface area contributed by atoms with Gasteiger partial charge in [-0.15, -0.1) is 0 Å². The Morgan fingerprint density at radius 3 is 3.08 bits per heavy atom. The van der Waals surface area contributed by atoms with Gasteiger partial charge < -0.3 is 5.73 Å². The summed E-state index contributed by atoms with van der Waals surface area (Å²) in [5.41, 5.74) is 5.88. The highest BCUT2D eigenvalue weighted by Gasteiger charge is 2.15. The molecular formula is C9H18FNS. The van der Waals surface area contributed by atoms with E-state index in [1.807, 2.05) is 11.8 Å². The number of nitrogens with two attached hydrogens (primary N) is 1. The second kappa shape index (κ2) is 5.81. The Morgan fingerprint density at radius 1 is 1.50 bits per heavy atom. The molecule has 0 aromatic rings.